The quantitative estimate of drug-likeness (QED) is 0.849. The highest BCUT2D eigenvalue weighted by Crippen LogP contribution is 2.27. The number of nitrogens with zero attached hydrogens (tertiary/aromatic N) is 1. The van der Waals surface area contributed by atoms with Gasteiger partial charge < -0.3 is 9.84 Å². The standard InChI is InChI=1S/C12H15NO3/c14-12(15)9-1-3-10(4-2-9)16-11-5-7-13-8-6-11/h5-10H,1-4H2,(H,14,15). The van der Waals surface area contributed by atoms with Crippen LogP contribution in [0, 0.1) is 5.92 Å². The second kappa shape index (κ2) is 4.96. The first-order valence-corrected chi connectivity index (χ1v) is 5.55. The molecule has 16 heavy (non-hydrogen) atoms. The molecule has 4 heteroatoms. The molecule has 1 saturated carbocycles. The minimum atomic E-state index is -0.678. The van der Waals surface area contributed by atoms with Crippen molar-refractivity contribution in [2.45, 2.75) is 31.8 Å². The Morgan fingerprint density at radius 2 is 1.88 bits per heavy atom. The lowest BCUT2D eigenvalue weighted by Gasteiger charge is -2.26. The van der Waals surface area contributed by atoms with E-state index in [0.29, 0.717) is 12.8 Å². The Bertz CT molecular complexity index is 345. The van der Waals surface area contributed by atoms with Crippen molar-refractivity contribution in [2.75, 3.05) is 0 Å². The number of ether oxygens (including phenoxy) is 1. The van der Waals surface area contributed by atoms with Gasteiger partial charge in [0, 0.05) is 12.4 Å². The van der Waals surface area contributed by atoms with Gasteiger partial charge in [0.2, 0.25) is 0 Å². The van der Waals surface area contributed by atoms with Crippen molar-refractivity contribution >= 4 is 5.97 Å². The Morgan fingerprint density at radius 1 is 1.25 bits per heavy atom. The van der Waals surface area contributed by atoms with Crippen LogP contribution in [0.2, 0.25) is 0 Å². The third-order valence-electron chi connectivity index (χ3n) is 2.98. The fraction of sp³-hybridized carbons (Fsp3) is 0.500. The first-order chi connectivity index (χ1) is 7.75. The van der Waals surface area contributed by atoms with E-state index in [2.05, 4.69) is 4.98 Å². The summed E-state index contributed by atoms with van der Waals surface area (Å²) in [5.41, 5.74) is 0. The lowest BCUT2D eigenvalue weighted by molar-refractivity contribution is -0.143. The second-order valence-corrected chi connectivity index (χ2v) is 4.11. The summed E-state index contributed by atoms with van der Waals surface area (Å²) >= 11 is 0. The van der Waals surface area contributed by atoms with Gasteiger partial charge in [-0.2, -0.15) is 0 Å². The molecule has 0 saturated heterocycles. The van der Waals surface area contributed by atoms with E-state index in [-0.39, 0.29) is 12.0 Å². The largest absolute Gasteiger partial charge is 0.490 e. The summed E-state index contributed by atoms with van der Waals surface area (Å²) in [6.07, 6.45) is 6.60. The molecular weight excluding hydrogens is 206 g/mol. The smallest absolute Gasteiger partial charge is 0.306 e. The van der Waals surface area contributed by atoms with Crippen molar-refractivity contribution in [2.24, 2.45) is 5.92 Å². The molecule has 0 aliphatic heterocycles. The molecule has 4 nitrogen and oxygen atoms in total. The van der Waals surface area contributed by atoms with Crippen LogP contribution in [0.3, 0.4) is 0 Å². The van der Waals surface area contributed by atoms with Gasteiger partial charge in [-0.3, -0.25) is 9.78 Å². The number of carboxylic acids is 1. The molecule has 0 bridgehead atoms. The number of aliphatic carboxylic acids is 1. The van der Waals surface area contributed by atoms with Gasteiger partial charge in [-0.1, -0.05) is 0 Å². The van der Waals surface area contributed by atoms with Crippen LogP contribution in [0.25, 0.3) is 0 Å². The summed E-state index contributed by atoms with van der Waals surface area (Å²) in [4.78, 5) is 14.7. The number of pyridine rings is 1. The predicted octanol–water partition coefficient (Wildman–Crippen LogP) is 2.10. The van der Waals surface area contributed by atoms with Crippen molar-refractivity contribution in [3.05, 3.63) is 24.5 Å². The third kappa shape index (κ3) is 2.72. The van der Waals surface area contributed by atoms with Gasteiger partial charge in [0.15, 0.2) is 0 Å². The summed E-state index contributed by atoms with van der Waals surface area (Å²) in [5.74, 6) is -0.0478. The van der Waals surface area contributed by atoms with Crippen LogP contribution >= 0.6 is 0 Å². The Hall–Kier alpha value is -1.58. The third-order valence-corrected chi connectivity index (χ3v) is 2.98. The number of aromatic nitrogens is 1. The van der Waals surface area contributed by atoms with E-state index in [1.807, 2.05) is 12.1 Å². The average Bonchev–Trinajstić information content (AvgIpc) is 2.31. The Kier molecular flexibility index (Phi) is 3.39. The minimum Gasteiger partial charge on any atom is -0.490 e. The molecule has 1 aromatic heterocycles. The van der Waals surface area contributed by atoms with Crippen LogP contribution in [0.4, 0.5) is 0 Å². The zero-order chi connectivity index (χ0) is 11.4. The van der Waals surface area contributed by atoms with Crippen LogP contribution in [0.1, 0.15) is 25.7 Å². The molecule has 1 aliphatic rings. The summed E-state index contributed by atoms with van der Waals surface area (Å²) in [7, 11) is 0. The second-order valence-electron chi connectivity index (χ2n) is 4.11. The Balaban J connectivity index is 1.84. The van der Waals surface area contributed by atoms with E-state index >= 15 is 0 Å². The van der Waals surface area contributed by atoms with E-state index < -0.39 is 5.97 Å². The van der Waals surface area contributed by atoms with E-state index in [9.17, 15) is 4.79 Å². The van der Waals surface area contributed by atoms with Crippen LogP contribution in [0.5, 0.6) is 5.75 Å². The van der Waals surface area contributed by atoms with Gasteiger partial charge >= 0.3 is 5.97 Å². The normalized spacial score (nSPS) is 25.0. The molecule has 1 aromatic rings. The lowest BCUT2D eigenvalue weighted by Crippen LogP contribution is -2.27. The van der Waals surface area contributed by atoms with Crippen LogP contribution in [0.15, 0.2) is 24.5 Å². The molecular formula is C12H15NO3. The summed E-state index contributed by atoms with van der Waals surface area (Å²) in [6, 6.07) is 3.65. The molecule has 1 N–H and O–H groups in total. The van der Waals surface area contributed by atoms with Crippen molar-refractivity contribution in [3.8, 4) is 5.75 Å². The number of carbonyl (C=O) groups is 1. The van der Waals surface area contributed by atoms with Crippen molar-refractivity contribution in [1.29, 1.82) is 0 Å². The molecule has 86 valence electrons. The summed E-state index contributed by atoms with van der Waals surface area (Å²) in [5, 5.41) is 8.87. The molecule has 0 amide bonds. The topological polar surface area (TPSA) is 59.4 Å². The van der Waals surface area contributed by atoms with E-state index in [0.717, 1.165) is 18.6 Å². The van der Waals surface area contributed by atoms with Crippen LogP contribution < -0.4 is 4.74 Å². The SMILES string of the molecule is O=C(O)C1CCC(Oc2ccncc2)CC1. The zero-order valence-corrected chi connectivity index (χ0v) is 9.00. The molecule has 0 spiro atoms. The van der Waals surface area contributed by atoms with Gasteiger partial charge in [0.05, 0.1) is 12.0 Å². The maximum absolute atomic E-state index is 10.8. The number of rotatable bonds is 3. The van der Waals surface area contributed by atoms with Gasteiger partial charge in [-0.05, 0) is 37.8 Å². The zero-order valence-electron chi connectivity index (χ0n) is 9.00. The molecule has 1 fully saturated rings. The molecule has 0 radical (unpaired) electrons. The predicted molar refractivity (Wildman–Crippen MR) is 58.2 cm³/mol. The molecule has 0 unspecified atom stereocenters. The van der Waals surface area contributed by atoms with Gasteiger partial charge in [-0.15, -0.1) is 0 Å². The van der Waals surface area contributed by atoms with E-state index in [1.54, 1.807) is 12.4 Å². The maximum atomic E-state index is 10.8. The average molecular weight is 221 g/mol. The lowest BCUT2D eigenvalue weighted by atomic mass is 9.87. The molecule has 0 atom stereocenters. The molecule has 0 aromatic carbocycles. The first kappa shape index (κ1) is 10.9. The van der Waals surface area contributed by atoms with Gasteiger partial charge in [0.25, 0.3) is 0 Å². The fourth-order valence-corrected chi connectivity index (χ4v) is 2.04. The Labute approximate surface area is 94.3 Å². The van der Waals surface area contributed by atoms with Crippen LogP contribution in [-0.2, 0) is 4.79 Å². The van der Waals surface area contributed by atoms with Crippen molar-refractivity contribution in [1.82, 2.24) is 4.98 Å². The van der Waals surface area contributed by atoms with Crippen LogP contribution in [-0.4, -0.2) is 22.2 Å². The number of hydrogen-bond acceptors (Lipinski definition) is 3. The monoisotopic (exact) mass is 221 g/mol. The molecule has 1 heterocycles. The van der Waals surface area contributed by atoms with Crippen molar-refractivity contribution < 1.29 is 14.6 Å². The van der Waals surface area contributed by atoms with Gasteiger partial charge in [0.1, 0.15) is 5.75 Å². The maximum Gasteiger partial charge on any atom is 0.306 e. The first-order valence-electron chi connectivity index (χ1n) is 5.55. The van der Waals surface area contributed by atoms with E-state index in [4.69, 9.17) is 9.84 Å². The van der Waals surface area contributed by atoms with E-state index in [1.165, 1.54) is 0 Å². The minimum absolute atomic E-state index is 0.151. The highest BCUT2D eigenvalue weighted by atomic mass is 16.5. The molecule has 2 rings (SSSR count). The summed E-state index contributed by atoms with van der Waals surface area (Å²) in [6.45, 7) is 0. The van der Waals surface area contributed by atoms with Crippen molar-refractivity contribution in [3.63, 3.8) is 0 Å². The summed E-state index contributed by atoms with van der Waals surface area (Å²) < 4.78 is 5.75. The highest BCUT2D eigenvalue weighted by molar-refractivity contribution is 5.70. The Morgan fingerprint density at radius 3 is 2.44 bits per heavy atom. The number of carboxylic acid groups (broad SMARTS) is 1. The fourth-order valence-electron chi connectivity index (χ4n) is 2.04. The highest BCUT2D eigenvalue weighted by Gasteiger charge is 2.26. The molecule has 1 aliphatic carbocycles. The number of hydrogen-bond donors (Lipinski definition) is 1. The van der Waals surface area contributed by atoms with Gasteiger partial charge in [-0.25, -0.2) is 0 Å².